The standard InChI is InChI=1S/C14H11N3O/c1-10(18)12-3-5-13(6-4-12)17-14-7-2-11(8-15)9-16-14/h2-7,9H,1H3,(H,16,17). The van der Waals surface area contributed by atoms with Gasteiger partial charge in [0.05, 0.1) is 5.56 Å². The Balaban J connectivity index is 2.13. The average Bonchev–Trinajstić information content (AvgIpc) is 2.40. The van der Waals surface area contributed by atoms with Crippen LogP contribution in [0.1, 0.15) is 22.8 Å². The number of nitrogens with one attached hydrogen (secondary N) is 1. The Bertz CT molecular complexity index is 594. The molecule has 1 heterocycles. The van der Waals surface area contributed by atoms with Crippen molar-refractivity contribution < 1.29 is 4.79 Å². The molecule has 1 N–H and O–H groups in total. The van der Waals surface area contributed by atoms with Crippen LogP contribution in [0.4, 0.5) is 11.5 Å². The first-order valence-corrected chi connectivity index (χ1v) is 5.43. The Kier molecular flexibility index (Phi) is 3.35. The lowest BCUT2D eigenvalue weighted by atomic mass is 10.1. The molecular weight excluding hydrogens is 226 g/mol. The quantitative estimate of drug-likeness (QED) is 0.833. The number of hydrogen-bond donors (Lipinski definition) is 1. The van der Waals surface area contributed by atoms with E-state index in [0.29, 0.717) is 16.9 Å². The second-order valence-corrected chi connectivity index (χ2v) is 3.80. The lowest BCUT2D eigenvalue weighted by Crippen LogP contribution is -1.95. The zero-order valence-electron chi connectivity index (χ0n) is 9.84. The first-order chi connectivity index (χ1) is 8.69. The van der Waals surface area contributed by atoms with Crippen molar-refractivity contribution in [3.63, 3.8) is 0 Å². The fourth-order valence-electron chi connectivity index (χ4n) is 1.47. The van der Waals surface area contributed by atoms with Crippen molar-refractivity contribution >= 4 is 17.3 Å². The molecule has 4 heteroatoms. The average molecular weight is 237 g/mol. The highest BCUT2D eigenvalue weighted by molar-refractivity contribution is 5.94. The van der Waals surface area contributed by atoms with Gasteiger partial charge in [-0.15, -0.1) is 0 Å². The van der Waals surface area contributed by atoms with Gasteiger partial charge in [0.1, 0.15) is 11.9 Å². The van der Waals surface area contributed by atoms with Crippen LogP contribution in [-0.2, 0) is 0 Å². The lowest BCUT2D eigenvalue weighted by molar-refractivity contribution is 0.101. The first kappa shape index (κ1) is 11.8. The monoisotopic (exact) mass is 237 g/mol. The maximum absolute atomic E-state index is 11.1. The Hall–Kier alpha value is -2.67. The number of nitriles is 1. The molecule has 0 saturated carbocycles. The van der Waals surface area contributed by atoms with Crippen molar-refractivity contribution in [1.29, 1.82) is 5.26 Å². The molecule has 2 aromatic rings. The van der Waals surface area contributed by atoms with Gasteiger partial charge in [-0.25, -0.2) is 4.98 Å². The van der Waals surface area contributed by atoms with Gasteiger partial charge >= 0.3 is 0 Å². The molecule has 0 spiro atoms. The van der Waals surface area contributed by atoms with Crippen molar-refractivity contribution in [3.05, 3.63) is 53.7 Å². The number of carbonyl (C=O) groups is 1. The second-order valence-electron chi connectivity index (χ2n) is 3.80. The minimum atomic E-state index is 0.0399. The van der Waals surface area contributed by atoms with Gasteiger partial charge in [-0.2, -0.15) is 5.26 Å². The molecule has 1 aromatic carbocycles. The number of pyridine rings is 1. The Labute approximate surface area is 105 Å². The molecule has 1 aromatic heterocycles. The number of aromatic nitrogens is 1. The molecular formula is C14H11N3O. The highest BCUT2D eigenvalue weighted by Crippen LogP contribution is 2.15. The molecule has 0 atom stereocenters. The third-order valence-electron chi connectivity index (χ3n) is 2.46. The fraction of sp³-hybridized carbons (Fsp3) is 0.0714. The Morgan fingerprint density at radius 1 is 1.22 bits per heavy atom. The number of rotatable bonds is 3. The summed E-state index contributed by atoms with van der Waals surface area (Å²) < 4.78 is 0. The maximum Gasteiger partial charge on any atom is 0.159 e. The Morgan fingerprint density at radius 3 is 2.44 bits per heavy atom. The SMILES string of the molecule is CC(=O)c1ccc(Nc2ccc(C#N)cn2)cc1. The molecule has 0 aliphatic heterocycles. The highest BCUT2D eigenvalue weighted by atomic mass is 16.1. The van der Waals surface area contributed by atoms with E-state index in [-0.39, 0.29) is 5.78 Å². The number of Topliss-reactive ketones (excluding diaryl/α,β-unsaturated/α-hetero) is 1. The van der Waals surface area contributed by atoms with Crippen LogP contribution in [0.25, 0.3) is 0 Å². The second kappa shape index (κ2) is 5.11. The van der Waals surface area contributed by atoms with Gasteiger partial charge in [0.25, 0.3) is 0 Å². The van der Waals surface area contributed by atoms with Crippen LogP contribution >= 0.6 is 0 Å². The molecule has 0 radical (unpaired) electrons. The molecule has 0 aliphatic carbocycles. The van der Waals surface area contributed by atoms with Gasteiger partial charge in [0.2, 0.25) is 0 Å². The van der Waals surface area contributed by atoms with E-state index in [1.54, 1.807) is 24.3 Å². The van der Waals surface area contributed by atoms with E-state index in [2.05, 4.69) is 10.3 Å². The highest BCUT2D eigenvalue weighted by Gasteiger charge is 2.00. The van der Waals surface area contributed by atoms with E-state index in [9.17, 15) is 4.79 Å². The molecule has 0 amide bonds. The van der Waals surface area contributed by atoms with E-state index in [0.717, 1.165) is 5.69 Å². The van der Waals surface area contributed by atoms with Crippen molar-refractivity contribution in [2.24, 2.45) is 0 Å². The van der Waals surface area contributed by atoms with Crippen LogP contribution in [0, 0.1) is 11.3 Å². The van der Waals surface area contributed by atoms with Gasteiger partial charge in [0, 0.05) is 17.4 Å². The number of anilines is 2. The van der Waals surface area contributed by atoms with E-state index in [1.165, 1.54) is 13.1 Å². The van der Waals surface area contributed by atoms with Crippen LogP contribution in [-0.4, -0.2) is 10.8 Å². The van der Waals surface area contributed by atoms with Gasteiger partial charge < -0.3 is 5.32 Å². The van der Waals surface area contributed by atoms with Crippen molar-refractivity contribution in [1.82, 2.24) is 4.98 Å². The molecule has 18 heavy (non-hydrogen) atoms. The van der Waals surface area contributed by atoms with Gasteiger partial charge in [-0.1, -0.05) is 0 Å². The smallest absolute Gasteiger partial charge is 0.159 e. The summed E-state index contributed by atoms with van der Waals surface area (Å²) in [6.07, 6.45) is 1.51. The number of benzene rings is 1. The third-order valence-corrected chi connectivity index (χ3v) is 2.46. The van der Waals surface area contributed by atoms with Gasteiger partial charge in [-0.05, 0) is 43.3 Å². The number of carbonyl (C=O) groups excluding carboxylic acids is 1. The molecule has 88 valence electrons. The fourth-order valence-corrected chi connectivity index (χ4v) is 1.47. The van der Waals surface area contributed by atoms with E-state index >= 15 is 0 Å². The number of hydrogen-bond acceptors (Lipinski definition) is 4. The van der Waals surface area contributed by atoms with Crippen molar-refractivity contribution in [3.8, 4) is 6.07 Å². The third kappa shape index (κ3) is 2.71. The van der Waals surface area contributed by atoms with E-state index in [1.807, 2.05) is 18.2 Å². The summed E-state index contributed by atoms with van der Waals surface area (Å²) in [6.45, 7) is 1.53. The normalized spacial score (nSPS) is 9.56. The number of nitrogens with zero attached hydrogens (tertiary/aromatic N) is 2. The van der Waals surface area contributed by atoms with Crippen LogP contribution in [0.2, 0.25) is 0 Å². The molecule has 0 aliphatic rings. The zero-order chi connectivity index (χ0) is 13.0. The molecule has 0 fully saturated rings. The molecule has 0 saturated heterocycles. The summed E-state index contributed by atoms with van der Waals surface area (Å²) in [4.78, 5) is 15.2. The largest absolute Gasteiger partial charge is 0.340 e. The minimum absolute atomic E-state index is 0.0399. The predicted octanol–water partition coefficient (Wildman–Crippen LogP) is 2.90. The van der Waals surface area contributed by atoms with Crippen LogP contribution in [0.15, 0.2) is 42.6 Å². The topological polar surface area (TPSA) is 65.8 Å². The van der Waals surface area contributed by atoms with Crippen LogP contribution in [0.3, 0.4) is 0 Å². The van der Waals surface area contributed by atoms with Crippen LogP contribution < -0.4 is 5.32 Å². The predicted molar refractivity (Wildman–Crippen MR) is 68.7 cm³/mol. The summed E-state index contributed by atoms with van der Waals surface area (Å²) in [5.74, 6) is 0.697. The van der Waals surface area contributed by atoms with Crippen molar-refractivity contribution in [2.75, 3.05) is 5.32 Å². The lowest BCUT2D eigenvalue weighted by Gasteiger charge is -2.05. The summed E-state index contributed by atoms with van der Waals surface area (Å²) in [7, 11) is 0. The summed E-state index contributed by atoms with van der Waals surface area (Å²) in [6, 6.07) is 12.6. The summed E-state index contributed by atoms with van der Waals surface area (Å²) in [5.41, 5.74) is 2.04. The first-order valence-electron chi connectivity index (χ1n) is 5.43. The zero-order valence-corrected chi connectivity index (χ0v) is 9.84. The van der Waals surface area contributed by atoms with Crippen LogP contribution in [0.5, 0.6) is 0 Å². The van der Waals surface area contributed by atoms with E-state index < -0.39 is 0 Å². The van der Waals surface area contributed by atoms with Crippen molar-refractivity contribution in [2.45, 2.75) is 6.92 Å². The molecule has 0 bridgehead atoms. The summed E-state index contributed by atoms with van der Waals surface area (Å²) in [5, 5.41) is 11.7. The minimum Gasteiger partial charge on any atom is -0.340 e. The van der Waals surface area contributed by atoms with Gasteiger partial charge in [0.15, 0.2) is 5.78 Å². The van der Waals surface area contributed by atoms with Gasteiger partial charge in [-0.3, -0.25) is 4.79 Å². The summed E-state index contributed by atoms with van der Waals surface area (Å²) >= 11 is 0. The molecule has 4 nitrogen and oxygen atoms in total. The molecule has 0 unspecified atom stereocenters. The molecule has 2 rings (SSSR count). The Morgan fingerprint density at radius 2 is 1.94 bits per heavy atom. The maximum atomic E-state index is 11.1. The number of ketones is 1. The van der Waals surface area contributed by atoms with E-state index in [4.69, 9.17) is 5.26 Å².